The fourth-order valence-electron chi connectivity index (χ4n) is 5.40. The monoisotopic (exact) mass is 549 g/mol. The van der Waals surface area contributed by atoms with Crippen molar-refractivity contribution >= 4 is 16.7 Å². The van der Waals surface area contributed by atoms with Crippen LogP contribution >= 0.6 is 10.8 Å². The highest BCUT2D eigenvalue weighted by Crippen LogP contribution is 2.58. The number of para-hydroxylation sites is 1. The minimum absolute atomic E-state index is 0.0167. The minimum Gasteiger partial charge on any atom is -0.487 e. The van der Waals surface area contributed by atoms with E-state index >= 15 is 0 Å². The van der Waals surface area contributed by atoms with Crippen molar-refractivity contribution in [3.63, 3.8) is 0 Å². The molecule has 0 spiro atoms. The number of carboxylic acid groups (broad SMARTS) is 1. The second kappa shape index (κ2) is 9.83. The van der Waals surface area contributed by atoms with Crippen LogP contribution in [0.2, 0.25) is 0 Å². The van der Waals surface area contributed by atoms with Crippen molar-refractivity contribution in [2.24, 2.45) is 7.05 Å². The molecule has 0 bridgehead atoms. The number of aromatic carboxylic acids is 1. The van der Waals surface area contributed by atoms with E-state index in [2.05, 4.69) is 10.2 Å². The third kappa shape index (κ3) is 4.71. The summed E-state index contributed by atoms with van der Waals surface area (Å²) in [6, 6.07) is 14.7. The fraction of sp³-hybridized carbons (Fsp3) is 0.321. The van der Waals surface area contributed by atoms with E-state index in [0.29, 0.717) is 29.3 Å². The Hall–Kier alpha value is -3.64. The van der Waals surface area contributed by atoms with E-state index in [4.69, 9.17) is 4.74 Å². The molecule has 1 fully saturated rings. The maximum absolute atomic E-state index is 12.1. The fourth-order valence-corrected chi connectivity index (χ4v) is 7.03. The number of nitrogens with zero attached hydrogens (tertiary/aromatic N) is 5. The summed E-state index contributed by atoms with van der Waals surface area (Å²) < 4.78 is 34.0. The van der Waals surface area contributed by atoms with Gasteiger partial charge in [0.05, 0.1) is 30.3 Å². The van der Waals surface area contributed by atoms with Gasteiger partial charge in [0.1, 0.15) is 22.3 Å². The van der Waals surface area contributed by atoms with Gasteiger partial charge in [0, 0.05) is 25.7 Å². The van der Waals surface area contributed by atoms with Crippen molar-refractivity contribution in [3.05, 3.63) is 89.5 Å². The smallest absolute Gasteiger partial charge is 0.339 e. The van der Waals surface area contributed by atoms with Gasteiger partial charge in [-0.05, 0) is 54.2 Å². The van der Waals surface area contributed by atoms with Crippen LogP contribution in [0.1, 0.15) is 58.8 Å². The second-order valence-electron chi connectivity index (χ2n) is 10.2. The average Bonchev–Trinajstić information content (AvgIpc) is 3.40. The zero-order valence-corrected chi connectivity index (χ0v) is 22.5. The maximum atomic E-state index is 12.1. The highest BCUT2D eigenvalue weighted by Gasteiger charge is 2.45. The number of hydrogen-bond acceptors (Lipinski definition) is 7. The Balaban J connectivity index is 1.32. The zero-order chi connectivity index (χ0) is 27.3. The lowest BCUT2D eigenvalue weighted by molar-refractivity contribution is 0.0695. The Labute approximate surface area is 227 Å². The van der Waals surface area contributed by atoms with E-state index < -0.39 is 16.7 Å². The largest absolute Gasteiger partial charge is 0.487 e. The number of carbonyl (C=O) groups is 1. The Bertz CT molecular complexity index is 1530. The first kappa shape index (κ1) is 25.6. The van der Waals surface area contributed by atoms with E-state index in [-0.39, 0.29) is 30.0 Å². The molecule has 4 aromatic rings. The second-order valence-corrected chi connectivity index (χ2v) is 12.2. The van der Waals surface area contributed by atoms with E-state index in [0.717, 1.165) is 23.2 Å². The number of aryl methyl sites for hydroxylation is 1. The molecule has 2 aromatic carbocycles. The van der Waals surface area contributed by atoms with Crippen LogP contribution in [0.4, 0.5) is 0 Å². The number of carboxylic acids is 1. The first-order valence-electron chi connectivity index (χ1n) is 12.9. The molecule has 0 radical (unpaired) electrons. The van der Waals surface area contributed by atoms with Gasteiger partial charge in [-0.2, -0.15) is 14.5 Å². The van der Waals surface area contributed by atoms with Crippen LogP contribution in [0.3, 0.4) is 0 Å². The van der Waals surface area contributed by atoms with Gasteiger partial charge in [-0.3, -0.25) is 13.8 Å². The number of ether oxygens (including phenoxy) is 1. The summed E-state index contributed by atoms with van der Waals surface area (Å²) in [6.07, 6.45) is 6.56. The Morgan fingerprint density at radius 1 is 1.10 bits per heavy atom. The quantitative estimate of drug-likeness (QED) is 0.285. The summed E-state index contributed by atoms with van der Waals surface area (Å²) in [6.45, 7) is 2.64. The summed E-state index contributed by atoms with van der Waals surface area (Å²) >= 11 is 0. The minimum atomic E-state index is -3.29. The SMILES string of the molecule is CC[C@@H]1CN(Cc2cccc(-n3ncc(C(=O)O)c3C3CC3c3cnn(C)c3)c2)S(O)(O)c2ccccc2O1. The van der Waals surface area contributed by atoms with Crippen molar-refractivity contribution in [1.82, 2.24) is 23.9 Å². The number of fused-ring (bicyclic) bond motifs is 1. The molecular weight excluding hydrogens is 518 g/mol. The lowest BCUT2D eigenvalue weighted by Gasteiger charge is -2.41. The normalized spacial score (nSPS) is 22.9. The summed E-state index contributed by atoms with van der Waals surface area (Å²) in [5, 5.41) is 18.7. The average molecular weight is 550 g/mol. The van der Waals surface area contributed by atoms with Gasteiger partial charge in [-0.15, -0.1) is 10.8 Å². The molecule has 3 heterocycles. The molecule has 1 aliphatic heterocycles. The van der Waals surface area contributed by atoms with Crippen molar-refractivity contribution in [1.29, 1.82) is 0 Å². The highest BCUT2D eigenvalue weighted by atomic mass is 32.3. The molecule has 2 unspecified atom stereocenters. The molecule has 11 heteroatoms. The van der Waals surface area contributed by atoms with Crippen LogP contribution in [0.25, 0.3) is 5.69 Å². The van der Waals surface area contributed by atoms with Gasteiger partial charge >= 0.3 is 5.97 Å². The number of benzene rings is 2. The third-order valence-electron chi connectivity index (χ3n) is 7.51. The van der Waals surface area contributed by atoms with Gasteiger partial charge in [0.15, 0.2) is 0 Å². The van der Waals surface area contributed by atoms with Crippen LogP contribution in [0.15, 0.2) is 72.0 Å². The molecule has 204 valence electrons. The van der Waals surface area contributed by atoms with Gasteiger partial charge in [0.25, 0.3) is 0 Å². The topological polar surface area (TPSA) is 126 Å². The van der Waals surface area contributed by atoms with Crippen molar-refractivity contribution in [2.75, 3.05) is 6.54 Å². The molecule has 1 saturated carbocycles. The highest BCUT2D eigenvalue weighted by molar-refractivity contribution is 8.22. The molecule has 2 aromatic heterocycles. The number of aromatic nitrogens is 4. The van der Waals surface area contributed by atoms with E-state index in [1.54, 1.807) is 31.9 Å². The van der Waals surface area contributed by atoms with E-state index in [1.807, 2.05) is 56.7 Å². The number of rotatable bonds is 7. The van der Waals surface area contributed by atoms with Gasteiger partial charge in [-0.25, -0.2) is 9.48 Å². The van der Waals surface area contributed by atoms with E-state index in [9.17, 15) is 19.0 Å². The molecule has 0 amide bonds. The van der Waals surface area contributed by atoms with Crippen LogP contribution in [-0.2, 0) is 13.6 Å². The van der Waals surface area contributed by atoms with Crippen molar-refractivity contribution in [3.8, 4) is 11.4 Å². The lowest BCUT2D eigenvalue weighted by atomic mass is 10.1. The predicted octanol–water partition coefficient (Wildman–Crippen LogP) is 5.27. The van der Waals surface area contributed by atoms with Crippen LogP contribution in [-0.4, -0.2) is 56.7 Å². The Morgan fingerprint density at radius 3 is 2.67 bits per heavy atom. The van der Waals surface area contributed by atoms with Crippen LogP contribution < -0.4 is 4.74 Å². The van der Waals surface area contributed by atoms with Crippen molar-refractivity contribution < 1.29 is 23.7 Å². The molecular formula is C28H31N5O5S. The molecule has 1 aliphatic carbocycles. The van der Waals surface area contributed by atoms with Crippen LogP contribution in [0, 0.1) is 0 Å². The molecule has 3 atom stereocenters. The van der Waals surface area contributed by atoms with Crippen LogP contribution in [0.5, 0.6) is 5.75 Å². The molecule has 0 saturated heterocycles. The summed E-state index contributed by atoms with van der Waals surface area (Å²) in [4.78, 5) is 12.5. The molecule has 2 aliphatic rings. The first-order valence-corrected chi connectivity index (χ1v) is 14.4. The Kier molecular flexibility index (Phi) is 6.46. The summed E-state index contributed by atoms with van der Waals surface area (Å²) in [7, 11) is -1.43. The summed E-state index contributed by atoms with van der Waals surface area (Å²) in [5.74, 6) is -0.308. The lowest BCUT2D eigenvalue weighted by Crippen LogP contribution is -2.34. The van der Waals surface area contributed by atoms with Gasteiger partial charge in [0.2, 0.25) is 0 Å². The molecule has 10 nitrogen and oxygen atoms in total. The molecule has 6 rings (SSSR count). The van der Waals surface area contributed by atoms with Crippen molar-refractivity contribution in [2.45, 2.75) is 49.1 Å². The summed E-state index contributed by atoms with van der Waals surface area (Å²) in [5.41, 5.74) is 3.51. The zero-order valence-electron chi connectivity index (χ0n) is 21.7. The van der Waals surface area contributed by atoms with Gasteiger partial charge in [-0.1, -0.05) is 31.2 Å². The predicted molar refractivity (Wildman–Crippen MR) is 147 cm³/mol. The molecule has 39 heavy (non-hydrogen) atoms. The third-order valence-corrected chi connectivity index (χ3v) is 9.43. The first-order chi connectivity index (χ1) is 18.8. The van der Waals surface area contributed by atoms with Gasteiger partial charge < -0.3 is 9.84 Å². The standard InChI is InChI=1S/C28H31N5O5S/c1-3-21-17-32(39(36,37)26-10-5-4-9-25(26)38-21)15-18-7-6-8-20(11-18)33-27(24(14-30-33)28(34)35)23-12-22(23)19-13-29-31(2)16-19/h4-11,13-14,16,21-23,36-37H,3,12,15,17H2,1-2H3,(H,34,35)/t21-,22?,23?/m1/s1. The molecule has 3 N–H and O–H groups in total. The maximum Gasteiger partial charge on any atom is 0.339 e. The number of hydrogen-bond donors (Lipinski definition) is 3. The van der Waals surface area contributed by atoms with E-state index in [1.165, 1.54) is 6.20 Å². The Morgan fingerprint density at radius 2 is 1.92 bits per heavy atom.